The molecule has 0 bridgehead atoms. The average Bonchev–Trinajstić information content (AvgIpc) is 2.15. The Bertz CT molecular complexity index is 248. The van der Waals surface area contributed by atoms with E-state index in [1.807, 2.05) is 6.92 Å². The summed E-state index contributed by atoms with van der Waals surface area (Å²) in [5.41, 5.74) is 0.971. The Balaban J connectivity index is 2.32. The van der Waals surface area contributed by atoms with Gasteiger partial charge in [-0.25, -0.2) is 4.98 Å². The molecule has 72 valence electrons. The van der Waals surface area contributed by atoms with Crippen LogP contribution in [-0.4, -0.2) is 16.5 Å². The lowest BCUT2D eigenvalue weighted by molar-refractivity contribution is 0.741. The van der Waals surface area contributed by atoms with Crippen LogP contribution in [0.5, 0.6) is 0 Å². The fourth-order valence-corrected chi connectivity index (χ4v) is 1.16. The number of hydrogen-bond acceptors (Lipinski definition) is 3. The zero-order valence-electron chi connectivity index (χ0n) is 8.38. The molecule has 0 unspecified atom stereocenters. The largest absolute Gasteiger partial charge is 0.369 e. The smallest absolute Gasteiger partial charge is 0.147 e. The highest BCUT2D eigenvalue weighted by atomic mass is 15.0. The number of nitrogens with one attached hydrogen (secondary N) is 1. The quantitative estimate of drug-likeness (QED) is 0.705. The summed E-state index contributed by atoms with van der Waals surface area (Å²) >= 11 is 0. The summed E-state index contributed by atoms with van der Waals surface area (Å²) in [7, 11) is 0. The third-order valence-electron chi connectivity index (χ3n) is 1.95. The van der Waals surface area contributed by atoms with E-state index in [0.717, 1.165) is 18.1 Å². The minimum absolute atomic E-state index is 0.915. The summed E-state index contributed by atoms with van der Waals surface area (Å²) in [6.07, 6.45) is 7.15. The molecule has 0 aliphatic heterocycles. The molecular weight excluding hydrogens is 162 g/mol. The van der Waals surface area contributed by atoms with Gasteiger partial charge < -0.3 is 5.32 Å². The Morgan fingerprint density at radius 3 is 2.69 bits per heavy atom. The van der Waals surface area contributed by atoms with Crippen LogP contribution in [0, 0.1) is 6.92 Å². The van der Waals surface area contributed by atoms with Crippen molar-refractivity contribution in [3.63, 3.8) is 0 Å². The molecule has 1 heterocycles. The molecule has 1 aromatic rings. The summed E-state index contributed by atoms with van der Waals surface area (Å²) in [5.74, 6) is 0.915. The summed E-state index contributed by atoms with van der Waals surface area (Å²) in [6, 6.07) is 0. The molecule has 0 atom stereocenters. The van der Waals surface area contributed by atoms with E-state index < -0.39 is 0 Å². The first-order chi connectivity index (χ1) is 6.34. The van der Waals surface area contributed by atoms with E-state index in [0.29, 0.717) is 0 Å². The Labute approximate surface area is 79.6 Å². The Morgan fingerprint density at radius 1 is 1.23 bits per heavy atom. The zero-order valence-corrected chi connectivity index (χ0v) is 8.38. The lowest BCUT2D eigenvalue weighted by atomic mass is 10.2. The molecule has 0 saturated heterocycles. The van der Waals surface area contributed by atoms with Gasteiger partial charge >= 0.3 is 0 Å². The van der Waals surface area contributed by atoms with E-state index in [1.54, 1.807) is 12.4 Å². The van der Waals surface area contributed by atoms with Crippen molar-refractivity contribution in [3.05, 3.63) is 18.1 Å². The molecule has 1 aromatic heterocycles. The van der Waals surface area contributed by atoms with Crippen molar-refractivity contribution in [2.75, 3.05) is 11.9 Å². The molecule has 3 nitrogen and oxygen atoms in total. The lowest BCUT2D eigenvalue weighted by Gasteiger charge is -2.05. The summed E-state index contributed by atoms with van der Waals surface area (Å²) in [6.45, 7) is 5.16. The van der Waals surface area contributed by atoms with Gasteiger partial charge in [-0.15, -0.1) is 0 Å². The molecule has 0 radical (unpaired) electrons. The van der Waals surface area contributed by atoms with Crippen molar-refractivity contribution in [2.45, 2.75) is 33.1 Å². The van der Waals surface area contributed by atoms with Crippen LogP contribution in [0.3, 0.4) is 0 Å². The molecule has 1 rings (SSSR count). The predicted molar refractivity (Wildman–Crippen MR) is 54.8 cm³/mol. The van der Waals surface area contributed by atoms with Crippen molar-refractivity contribution in [1.29, 1.82) is 0 Å². The molecular formula is C10H17N3. The van der Waals surface area contributed by atoms with Gasteiger partial charge in [0.05, 0.1) is 5.69 Å². The lowest BCUT2D eigenvalue weighted by Crippen LogP contribution is -2.05. The van der Waals surface area contributed by atoms with Crippen molar-refractivity contribution < 1.29 is 0 Å². The zero-order chi connectivity index (χ0) is 9.52. The fourth-order valence-electron chi connectivity index (χ4n) is 1.16. The summed E-state index contributed by atoms with van der Waals surface area (Å²) < 4.78 is 0. The topological polar surface area (TPSA) is 37.8 Å². The third-order valence-corrected chi connectivity index (χ3v) is 1.95. The number of hydrogen-bond donors (Lipinski definition) is 1. The maximum absolute atomic E-state index is 4.20. The molecule has 1 N–H and O–H groups in total. The van der Waals surface area contributed by atoms with Gasteiger partial charge in [0.25, 0.3) is 0 Å². The first kappa shape index (κ1) is 9.96. The van der Waals surface area contributed by atoms with Gasteiger partial charge in [0, 0.05) is 18.9 Å². The Morgan fingerprint density at radius 2 is 2.00 bits per heavy atom. The third kappa shape index (κ3) is 3.40. The van der Waals surface area contributed by atoms with Crippen LogP contribution in [0.25, 0.3) is 0 Å². The van der Waals surface area contributed by atoms with Crippen molar-refractivity contribution in [2.24, 2.45) is 0 Å². The van der Waals surface area contributed by atoms with Crippen LogP contribution in [-0.2, 0) is 0 Å². The van der Waals surface area contributed by atoms with Gasteiger partial charge in [0.1, 0.15) is 5.82 Å². The van der Waals surface area contributed by atoms with Gasteiger partial charge in [-0.05, 0) is 13.3 Å². The highest BCUT2D eigenvalue weighted by Crippen LogP contribution is 2.06. The summed E-state index contributed by atoms with van der Waals surface area (Å²) in [5, 5.41) is 3.27. The van der Waals surface area contributed by atoms with Crippen LogP contribution < -0.4 is 5.32 Å². The van der Waals surface area contributed by atoms with Gasteiger partial charge in [-0.3, -0.25) is 4.98 Å². The monoisotopic (exact) mass is 179 g/mol. The highest BCUT2D eigenvalue weighted by molar-refractivity contribution is 5.37. The second-order valence-corrected chi connectivity index (χ2v) is 3.12. The van der Waals surface area contributed by atoms with E-state index >= 15 is 0 Å². The minimum Gasteiger partial charge on any atom is -0.369 e. The van der Waals surface area contributed by atoms with Crippen LogP contribution in [0.2, 0.25) is 0 Å². The van der Waals surface area contributed by atoms with Gasteiger partial charge in [0.15, 0.2) is 0 Å². The van der Waals surface area contributed by atoms with E-state index in [-0.39, 0.29) is 0 Å². The first-order valence-corrected chi connectivity index (χ1v) is 4.86. The molecule has 0 saturated carbocycles. The van der Waals surface area contributed by atoms with Crippen molar-refractivity contribution in [3.8, 4) is 0 Å². The molecule has 0 aromatic carbocycles. The number of anilines is 1. The molecule has 3 heteroatoms. The SMILES string of the molecule is CCCCCNc1nccnc1C. The molecule has 0 fully saturated rings. The number of aromatic nitrogens is 2. The van der Waals surface area contributed by atoms with Crippen molar-refractivity contribution in [1.82, 2.24) is 9.97 Å². The Hall–Kier alpha value is -1.12. The van der Waals surface area contributed by atoms with Crippen LogP contribution in [0.1, 0.15) is 31.9 Å². The van der Waals surface area contributed by atoms with Crippen molar-refractivity contribution >= 4 is 5.82 Å². The summed E-state index contributed by atoms with van der Waals surface area (Å²) in [4.78, 5) is 8.36. The molecule has 0 amide bonds. The van der Waals surface area contributed by atoms with E-state index in [1.165, 1.54) is 19.3 Å². The fraction of sp³-hybridized carbons (Fsp3) is 0.600. The van der Waals surface area contributed by atoms with Crippen LogP contribution in [0.4, 0.5) is 5.82 Å². The maximum atomic E-state index is 4.20. The Kier molecular flexibility index (Phi) is 4.23. The molecule has 0 aliphatic rings. The predicted octanol–water partition coefficient (Wildman–Crippen LogP) is 2.39. The van der Waals surface area contributed by atoms with Gasteiger partial charge in [0.2, 0.25) is 0 Å². The number of nitrogens with zero attached hydrogens (tertiary/aromatic N) is 2. The van der Waals surface area contributed by atoms with Gasteiger partial charge in [-0.1, -0.05) is 19.8 Å². The minimum atomic E-state index is 0.915. The second-order valence-electron chi connectivity index (χ2n) is 3.12. The van der Waals surface area contributed by atoms with Crippen LogP contribution >= 0.6 is 0 Å². The average molecular weight is 179 g/mol. The molecule has 13 heavy (non-hydrogen) atoms. The second kappa shape index (κ2) is 5.51. The first-order valence-electron chi connectivity index (χ1n) is 4.86. The normalized spacial score (nSPS) is 10.0. The number of aryl methyl sites for hydroxylation is 1. The molecule has 0 spiro atoms. The number of unbranched alkanes of at least 4 members (excludes halogenated alkanes) is 2. The van der Waals surface area contributed by atoms with E-state index in [9.17, 15) is 0 Å². The van der Waals surface area contributed by atoms with E-state index in [2.05, 4.69) is 22.2 Å². The maximum Gasteiger partial charge on any atom is 0.147 e. The van der Waals surface area contributed by atoms with Gasteiger partial charge in [-0.2, -0.15) is 0 Å². The van der Waals surface area contributed by atoms with Crippen LogP contribution in [0.15, 0.2) is 12.4 Å². The standard InChI is InChI=1S/C10H17N3/c1-3-4-5-6-12-10-9(2)11-7-8-13-10/h7-8H,3-6H2,1-2H3,(H,12,13). The highest BCUT2D eigenvalue weighted by Gasteiger charge is 1.96. The molecule has 0 aliphatic carbocycles. The number of rotatable bonds is 5. The van der Waals surface area contributed by atoms with E-state index in [4.69, 9.17) is 0 Å².